The maximum absolute atomic E-state index is 11.4. The number of hydrogen-bond acceptors (Lipinski definition) is 3. The van der Waals surface area contributed by atoms with Gasteiger partial charge in [0.2, 0.25) is 0 Å². The highest BCUT2D eigenvalue weighted by molar-refractivity contribution is 7.91. The summed E-state index contributed by atoms with van der Waals surface area (Å²) in [6.45, 7) is 2.25. The lowest BCUT2D eigenvalue weighted by Gasteiger charge is -2.14. The van der Waals surface area contributed by atoms with Crippen LogP contribution in [0.15, 0.2) is 30.3 Å². The Morgan fingerprint density at radius 1 is 1.24 bits per heavy atom. The predicted molar refractivity (Wildman–Crippen MR) is 71.8 cm³/mol. The Bertz CT molecular complexity index is 414. The molecular weight excluding hydrogens is 234 g/mol. The van der Waals surface area contributed by atoms with E-state index < -0.39 is 9.84 Å². The Balaban J connectivity index is 2.50. The SMILES string of the molecule is CCS(=O)(=O)CCCC(CN)c1ccccc1. The van der Waals surface area contributed by atoms with Gasteiger partial charge in [-0.25, -0.2) is 8.42 Å². The molecule has 0 aliphatic carbocycles. The topological polar surface area (TPSA) is 60.2 Å². The minimum Gasteiger partial charge on any atom is -0.330 e. The van der Waals surface area contributed by atoms with Gasteiger partial charge in [-0.2, -0.15) is 0 Å². The van der Waals surface area contributed by atoms with Crippen LogP contribution in [0.4, 0.5) is 0 Å². The molecule has 1 aromatic rings. The number of nitrogens with two attached hydrogens (primary N) is 1. The first-order valence-electron chi connectivity index (χ1n) is 6.04. The average Bonchev–Trinajstić information content (AvgIpc) is 2.36. The van der Waals surface area contributed by atoms with Gasteiger partial charge >= 0.3 is 0 Å². The smallest absolute Gasteiger partial charge is 0.150 e. The molecule has 3 nitrogen and oxygen atoms in total. The van der Waals surface area contributed by atoms with E-state index in [1.807, 2.05) is 30.3 Å². The summed E-state index contributed by atoms with van der Waals surface area (Å²) in [4.78, 5) is 0. The highest BCUT2D eigenvalue weighted by Crippen LogP contribution is 2.20. The molecule has 0 fully saturated rings. The first-order chi connectivity index (χ1) is 8.09. The zero-order valence-corrected chi connectivity index (χ0v) is 11.1. The summed E-state index contributed by atoms with van der Waals surface area (Å²) in [7, 11) is -2.85. The fourth-order valence-electron chi connectivity index (χ4n) is 1.84. The van der Waals surface area contributed by atoms with Gasteiger partial charge in [-0.15, -0.1) is 0 Å². The van der Waals surface area contributed by atoms with Crippen molar-refractivity contribution in [2.24, 2.45) is 5.73 Å². The fourth-order valence-corrected chi connectivity index (χ4v) is 2.73. The molecule has 0 aromatic heterocycles. The van der Waals surface area contributed by atoms with Gasteiger partial charge in [0.05, 0.1) is 5.75 Å². The van der Waals surface area contributed by atoms with E-state index in [-0.39, 0.29) is 17.4 Å². The first-order valence-corrected chi connectivity index (χ1v) is 7.86. The van der Waals surface area contributed by atoms with Gasteiger partial charge in [-0.3, -0.25) is 0 Å². The maximum atomic E-state index is 11.4. The van der Waals surface area contributed by atoms with Gasteiger partial charge in [0.15, 0.2) is 0 Å². The standard InChI is InChI=1S/C13H21NO2S/c1-2-17(15,16)10-6-9-13(11-14)12-7-4-3-5-8-12/h3-5,7-8,13H,2,6,9-11,14H2,1H3. The molecule has 0 saturated heterocycles. The van der Waals surface area contributed by atoms with Gasteiger partial charge in [0.1, 0.15) is 9.84 Å². The monoisotopic (exact) mass is 255 g/mol. The molecule has 1 atom stereocenters. The highest BCUT2D eigenvalue weighted by Gasteiger charge is 2.12. The number of sulfone groups is 1. The van der Waals surface area contributed by atoms with Crippen molar-refractivity contribution >= 4 is 9.84 Å². The Labute approximate surface area is 104 Å². The van der Waals surface area contributed by atoms with Gasteiger partial charge in [0.25, 0.3) is 0 Å². The molecule has 0 saturated carbocycles. The second kappa shape index (κ2) is 6.77. The molecule has 0 heterocycles. The molecular formula is C13H21NO2S. The largest absolute Gasteiger partial charge is 0.330 e. The second-order valence-electron chi connectivity index (χ2n) is 4.22. The molecule has 1 rings (SSSR count). The molecule has 2 N–H and O–H groups in total. The lowest BCUT2D eigenvalue weighted by Crippen LogP contribution is -2.15. The Hall–Kier alpha value is -0.870. The summed E-state index contributed by atoms with van der Waals surface area (Å²) < 4.78 is 22.7. The first kappa shape index (κ1) is 14.2. The number of rotatable bonds is 7. The van der Waals surface area contributed by atoms with Gasteiger partial charge < -0.3 is 5.73 Å². The van der Waals surface area contributed by atoms with Crippen LogP contribution >= 0.6 is 0 Å². The van der Waals surface area contributed by atoms with Crippen molar-refractivity contribution in [2.75, 3.05) is 18.1 Å². The summed E-state index contributed by atoms with van der Waals surface area (Å²) in [5.74, 6) is 0.765. The van der Waals surface area contributed by atoms with Crippen LogP contribution in [0.5, 0.6) is 0 Å². The average molecular weight is 255 g/mol. The van der Waals surface area contributed by atoms with E-state index >= 15 is 0 Å². The zero-order valence-electron chi connectivity index (χ0n) is 10.3. The molecule has 0 spiro atoms. The van der Waals surface area contributed by atoms with Gasteiger partial charge in [-0.05, 0) is 30.9 Å². The van der Waals surface area contributed by atoms with Crippen molar-refractivity contribution in [2.45, 2.75) is 25.7 Å². The summed E-state index contributed by atoms with van der Waals surface area (Å²) in [5, 5.41) is 0. The van der Waals surface area contributed by atoms with E-state index in [1.54, 1.807) is 6.92 Å². The third kappa shape index (κ3) is 4.88. The molecule has 0 amide bonds. The number of hydrogen-bond donors (Lipinski definition) is 1. The third-order valence-corrected chi connectivity index (χ3v) is 4.79. The van der Waals surface area contributed by atoms with Crippen LogP contribution in [0.3, 0.4) is 0 Å². The molecule has 0 aliphatic rings. The third-order valence-electron chi connectivity index (χ3n) is 3.00. The lowest BCUT2D eigenvalue weighted by atomic mass is 9.95. The van der Waals surface area contributed by atoms with E-state index in [2.05, 4.69) is 0 Å². The van der Waals surface area contributed by atoms with Crippen LogP contribution in [0.25, 0.3) is 0 Å². The van der Waals surface area contributed by atoms with Gasteiger partial charge in [0, 0.05) is 5.75 Å². The molecule has 4 heteroatoms. The Morgan fingerprint density at radius 2 is 1.88 bits per heavy atom. The van der Waals surface area contributed by atoms with E-state index in [1.165, 1.54) is 5.56 Å². The number of benzene rings is 1. The van der Waals surface area contributed by atoms with Crippen LogP contribution in [-0.4, -0.2) is 26.5 Å². The Morgan fingerprint density at radius 3 is 2.41 bits per heavy atom. The second-order valence-corrected chi connectivity index (χ2v) is 6.69. The summed E-state index contributed by atoms with van der Waals surface area (Å²) >= 11 is 0. The van der Waals surface area contributed by atoms with Crippen molar-refractivity contribution < 1.29 is 8.42 Å². The van der Waals surface area contributed by atoms with Crippen molar-refractivity contribution in [3.63, 3.8) is 0 Å². The molecule has 0 bridgehead atoms. The van der Waals surface area contributed by atoms with Crippen LogP contribution in [0.1, 0.15) is 31.2 Å². The van der Waals surface area contributed by atoms with Crippen LogP contribution < -0.4 is 5.73 Å². The van der Waals surface area contributed by atoms with Crippen molar-refractivity contribution in [1.29, 1.82) is 0 Å². The Kier molecular flexibility index (Phi) is 5.65. The van der Waals surface area contributed by atoms with Crippen molar-refractivity contribution in [3.8, 4) is 0 Å². The molecule has 0 aliphatic heterocycles. The van der Waals surface area contributed by atoms with Crippen LogP contribution in [-0.2, 0) is 9.84 Å². The molecule has 96 valence electrons. The quantitative estimate of drug-likeness (QED) is 0.810. The van der Waals surface area contributed by atoms with Crippen molar-refractivity contribution in [3.05, 3.63) is 35.9 Å². The van der Waals surface area contributed by atoms with Crippen molar-refractivity contribution in [1.82, 2.24) is 0 Å². The normalized spacial score (nSPS) is 13.5. The fraction of sp³-hybridized carbons (Fsp3) is 0.538. The maximum Gasteiger partial charge on any atom is 0.150 e. The summed E-state index contributed by atoms with van der Waals surface area (Å²) in [6, 6.07) is 10.0. The van der Waals surface area contributed by atoms with E-state index in [0.717, 1.165) is 6.42 Å². The van der Waals surface area contributed by atoms with E-state index in [9.17, 15) is 8.42 Å². The van der Waals surface area contributed by atoms with Gasteiger partial charge in [-0.1, -0.05) is 37.3 Å². The highest BCUT2D eigenvalue weighted by atomic mass is 32.2. The molecule has 0 radical (unpaired) electrons. The minimum absolute atomic E-state index is 0.228. The van der Waals surface area contributed by atoms with E-state index in [0.29, 0.717) is 13.0 Å². The molecule has 17 heavy (non-hydrogen) atoms. The summed E-state index contributed by atoms with van der Waals surface area (Å²) in [6.07, 6.45) is 1.52. The zero-order chi connectivity index (χ0) is 12.7. The molecule has 1 unspecified atom stereocenters. The van der Waals surface area contributed by atoms with Crippen LogP contribution in [0, 0.1) is 0 Å². The summed E-state index contributed by atoms with van der Waals surface area (Å²) in [5.41, 5.74) is 6.94. The molecule has 1 aromatic carbocycles. The lowest BCUT2D eigenvalue weighted by molar-refractivity contribution is 0.581. The minimum atomic E-state index is -2.85. The van der Waals surface area contributed by atoms with Crippen LogP contribution in [0.2, 0.25) is 0 Å². The van der Waals surface area contributed by atoms with E-state index in [4.69, 9.17) is 5.73 Å². The predicted octanol–water partition coefficient (Wildman–Crippen LogP) is 1.94.